The highest BCUT2D eigenvalue weighted by Gasteiger charge is 2.13. The zero-order valence-corrected chi connectivity index (χ0v) is 12.1. The molecule has 100 valence electrons. The first kappa shape index (κ1) is 13.8. The summed E-state index contributed by atoms with van der Waals surface area (Å²) in [7, 11) is -3.19. The summed E-state index contributed by atoms with van der Waals surface area (Å²) in [6.07, 6.45) is 0.552. The third kappa shape index (κ3) is 3.67. The highest BCUT2D eigenvalue weighted by Crippen LogP contribution is 2.14. The number of rotatable bonds is 4. The Morgan fingerprint density at radius 2 is 1.26 bits per heavy atom. The Morgan fingerprint density at radius 1 is 0.789 bits per heavy atom. The minimum Gasteiger partial charge on any atom is -0.224 e. The monoisotopic (exact) mass is 274 g/mol. The van der Waals surface area contributed by atoms with Crippen molar-refractivity contribution in [2.24, 2.45) is 0 Å². The van der Waals surface area contributed by atoms with E-state index in [4.69, 9.17) is 0 Å². The predicted octanol–water partition coefficient (Wildman–Crippen LogP) is 3.32. The summed E-state index contributed by atoms with van der Waals surface area (Å²) in [6.45, 7) is 3.97. The molecular weight excluding hydrogens is 256 g/mol. The van der Waals surface area contributed by atoms with Gasteiger partial charge in [-0.25, -0.2) is 8.42 Å². The SMILES string of the molecule is Cc1ccc(CCS(=O)(=O)c2ccc(C)cc2)cc1. The van der Waals surface area contributed by atoms with Gasteiger partial charge in [-0.1, -0.05) is 47.5 Å². The standard InChI is InChI=1S/C16H18O2S/c1-13-3-7-15(8-4-13)11-12-19(17,18)16-9-5-14(2)6-10-16/h3-10H,11-12H2,1-2H3. The van der Waals surface area contributed by atoms with Gasteiger partial charge in [0.1, 0.15) is 0 Å². The minimum atomic E-state index is -3.19. The molecule has 0 amide bonds. The van der Waals surface area contributed by atoms with Gasteiger partial charge in [0.2, 0.25) is 0 Å². The van der Waals surface area contributed by atoms with E-state index in [2.05, 4.69) is 0 Å². The van der Waals surface area contributed by atoms with Gasteiger partial charge in [-0.2, -0.15) is 0 Å². The molecule has 0 bridgehead atoms. The molecule has 0 heterocycles. The molecule has 2 aromatic rings. The fourth-order valence-electron chi connectivity index (χ4n) is 1.87. The van der Waals surface area contributed by atoms with Crippen LogP contribution in [0.25, 0.3) is 0 Å². The number of hydrogen-bond acceptors (Lipinski definition) is 2. The number of aryl methyl sites for hydroxylation is 3. The summed E-state index contributed by atoms with van der Waals surface area (Å²) in [5.74, 6) is 0.152. The molecule has 0 aliphatic carbocycles. The lowest BCUT2D eigenvalue weighted by atomic mass is 10.1. The van der Waals surface area contributed by atoms with Gasteiger partial charge in [-0.3, -0.25) is 0 Å². The van der Waals surface area contributed by atoms with Crippen LogP contribution in [-0.2, 0) is 16.3 Å². The largest absolute Gasteiger partial charge is 0.224 e. The van der Waals surface area contributed by atoms with E-state index < -0.39 is 9.84 Å². The third-order valence-electron chi connectivity index (χ3n) is 3.16. The summed E-state index contributed by atoms with van der Waals surface area (Å²) in [6, 6.07) is 15.0. The van der Waals surface area contributed by atoms with Crippen LogP contribution in [0.1, 0.15) is 16.7 Å². The zero-order chi connectivity index (χ0) is 13.9. The second kappa shape index (κ2) is 5.57. The van der Waals surface area contributed by atoms with E-state index in [-0.39, 0.29) is 5.75 Å². The van der Waals surface area contributed by atoms with Gasteiger partial charge in [0.25, 0.3) is 0 Å². The molecular formula is C16H18O2S. The maximum Gasteiger partial charge on any atom is 0.178 e. The Balaban J connectivity index is 2.09. The highest BCUT2D eigenvalue weighted by molar-refractivity contribution is 7.91. The van der Waals surface area contributed by atoms with E-state index >= 15 is 0 Å². The van der Waals surface area contributed by atoms with Gasteiger partial charge in [0, 0.05) is 0 Å². The van der Waals surface area contributed by atoms with Crippen LogP contribution in [-0.4, -0.2) is 14.2 Å². The van der Waals surface area contributed by atoms with Crippen LogP contribution in [0.2, 0.25) is 0 Å². The smallest absolute Gasteiger partial charge is 0.178 e. The van der Waals surface area contributed by atoms with Crippen LogP contribution in [0.4, 0.5) is 0 Å². The lowest BCUT2D eigenvalue weighted by Gasteiger charge is -2.05. The molecule has 0 spiro atoms. The van der Waals surface area contributed by atoms with Crippen LogP contribution in [0.3, 0.4) is 0 Å². The van der Waals surface area contributed by atoms with E-state index in [1.807, 2.05) is 50.2 Å². The molecule has 0 radical (unpaired) electrons. The molecule has 2 aromatic carbocycles. The van der Waals surface area contributed by atoms with E-state index in [9.17, 15) is 8.42 Å². The molecule has 0 N–H and O–H groups in total. The maximum atomic E-state index is 12.2. The quantitative estimate of drug-likeness (QED) is 0.857. The Hall–Kier alpha value is -1.61. The van der Waals surface area contributed by atoms with Crippen molar-refractivity contribution in [1.29, 1.82) is 0 Å². The Kier molecular flexibility index (Phi) is 4.05. The Morgan fingerprint density at radius 3 is 1.79 bits per heavy atom. The van der Waals surface area contributed by atoms with E-state index in [1.165, 1.54) is 5.56 Å². The first-order chi connectivity index (χ1) is 8.97. The second-order valence-corrected chi connectivity index (χ2v) is 6.98. The summed E-state index contributed by atoms with van der Waals surface area (Å²) in [5.41, 5.74) is 3.31. The molecule has 0 aliphatic rings. The van der Waals surface area contributed by atoms with Gasteiger partial charge in [-0.15, -0.1) is 0 Å². The fraction of sp³-hybridized carbons (Fsp3) is 0.250. The Labute approximate surface area is 115 Å². The average Bonchev–Trinajstić information content (AvgIpc) is 2.39. The number of sulfone groups is 1. The maximum absolute atomic E-state index is 12.2. The number of benzene rings is 2. The summed E-state index contributed by atoms with van der Waals surface area (Å²) < 4.78 is 24.4. The van der Waals surface area contributed by atoms with Crippen molar-refractivity contribution in [2.45, 2.75) is 25.2 Å². The van der Waals surface area contributed by atoms with Gasteiger partial charge < -0.3 is 0 Å². The molecule has 0 aromatic heterocycles. The van der Waals surface area contributed by atoms with Crippen molar-refractivity contribution in [3.05, 3.63) is 65.2 Å². The zero-order valence-electron chi connectivity index (χ0n) is 11.3. The van der Waals surface area contributed by atoms with Gasteiger partial charge in [-0.05, 0) is 38.0 Å². The molecule has 0 unspecified atom stereocenters. The predicted molar refractivity (Wildman–Crippen MR) is 78.1 cm³/mol. The van der Waals surface area contributed by atoms with Crippen LogP contribution >= 0.6 is 0 Å². The molecule has 3 heteroatoms. The molecule has 2 nitrogen and oxygen atoms in total. The third-order valence-corrected chi connectivity index (χ3v) is 4.89. The molecule has 0 atom stereocenters. The first-order valence-corrected chi connectivity index (χ1v) is 7.97. The summed E-state index contributed by atoms with van der Waals surface area (Å²) >= 11 is 0. The fourth-order valence-corrected chi connectivity index (χ4v) is 3.16. The van der Waals surface area contributed by atoms with Crippen LogP contribution < -0.4 is 0 Å². The van der Waals surface area contributed by atoms with E-state index in [0.717, 1.165) is 11.1 Å². The van der Waals surface area contributed by atoms with Gasteiger partial charge in [0.15, 0.2) is 9.84 Å². The lowest BCUT2D eigenvalue weighted by Crippen LogP contribution is -2.09. The second-order valence-electron chi connectivity index (χ2n) is 4.87. The molecule has 0 aliphatic heterocycles. The van der Waals surface area contributed by atoms with Crippen molar-refractivity contribution >= 4 is 9.84 Å². The summed E-state index contributed by atoms with van der Waals surface area (Å²) in [4.78, 5) is 0.408. The summed E-state index contributed by atoms with van der Waals surface area (Å²) in [5, 5.41) is 0. The molecule has 2 rings (SSSR count). The molecule has 0 fully saturated rings. The van der Waals surface area contributed by atoms with E-state index in [1.54, 1.807) is 12.1 Å². The number of hydrogen-bond donors (Lipinski definition) is 0. The van der Waals surface area contributed by atoms with Crippen LogP contribution in [0.15, 0.2) is 53.4 Å². The van der Waals surface area contributed by atoms with E-state index in [0.29, 0.717) is 11.3 Å². The van der Waals surface area contributed by atoms with Crippen molar-refractivity contribution in [3.63, 3.8) is 0 Å². The van der Waals surface area contributed by atoms with Crippen molar-refractivity contribution in [3.8, 4) is 0 Å². The minimum absolute atomic E-state index is 0.152. The van der Waals surface area contributed by atoms with Gasteiger partial charge in [0.05, 0.1) is 10.6 Å². The molecule has 0 saturated carbocycles. The average molecular weight is 274 g/mol. The van der Waals surface area contributed by atoms with Gasteiger partial charge >= 0.3 is 0 Å². The van der Waals surface area contributed by atoms with Crippen molar-refractivity contribution in [1.82, 2.24) is 0 Å². The van der Waals surface area contributed by atoms with Crippen LogP contribution in [0, 0.1) is 13.8 Å². The Bertz CT molecular complexity index is 638. The van der Waals surface area contributed by atoms with Crippen LogP contribution in [0.5, 0.6) is 0 Å². The molecule has 0 saturated heterocycles. The normalized spacial score (nSPS) is 11.5. The topological polar surface area (TPSA) is 34.1 Å². The van der Waals surface area contributed by atoms with Crippen molar-refractivity contribution < 1.29 is 8.42 Å². The first-order valence-electron chi connectivity index (χ1n) is 6.32. The van der Waals surface area contributed by atoms with Crippen molar-refractivity contribution in [2.75, 3.05) is 5.75 Å². The highest BCUT2D eigenvalue weighted by atomic mass is 32.2. The lowest BCUT2D eigenvalue weighted by molar-refractivity contribution is 0.595. The molecule has 19 heavy (non-hydrogen) atoms.